The van der Waals surface area contributed by atoms with E-state index in [4.69, 9.17) is 4.74 Å². The number of aromatic nitrogens is 1. The molecule has 0 spiro atoms. The largest absolute Gasteiger partial charge is 0.481 e. The predicted octanol–water partition coefficient (Wildman–Crippen LogP) is 3.25. The van der Waals surface area contributed by atoms with Crippen LogP contribution in [0.3, 0.4) is 0 Å². The Morgan fingerprint density at radius 1 is 1.26 bits per heavy atom. The Bertz CT molecular complexity index is 1140. The SMILES string of the molecule is COc1ncc(C2CCC2)cc1C1(C(=O)NS(=O)(=O)c2cccc3c2CCCN3)CC1. The molecule has 2 aliphatic carbocycles. The molecule has 0 unspecified atom stereocenters. The molecule has 0 bridgehead atoms. The fourth-order valence-corrected chi connectivity index (χ4v) is 6.03. The fourth-order valence-electron chi connectivity index (χ4n) is 4.69. The second-order valence-electron chi connectivity index (χ2n) is 8.78. The Morgan fingerprint density at radius 2 is 2.06 bits per heavy atom. The van der Waals surface area contributed by atoms with Gasteiger partial charge in [0.15, 0.2) is 0 Å². The number of pyridine rings is 1. The van der Waals surface area contributed by atoms with Crippen LogP contribution in [0.4, 0.5) is 5.69 Å². The summed E-state index contributed by atoms with van der Waals surface area (Å²) in [6.45, 7) is 0.816. The maximum Gasteiger partial charge on any atom is 0.264 e. The first-order chi connectivity index (χ1) is 14.9. The number of methoxy groups -OCH3 is 1. The molecule has 2 heterocycles. The number of sulfonamides is 1. The Morgan fingerprint density at radius 3 is 2.74 bits per heavy atom. The molecular weight excluding hydrogens is 414 g/mol. The molecule has 2 N–H and O–H groups in total. The third-order valence-electron chi connectivity index (χ3n) is 6.91. The standard InChI is InChI=1S/C23H27N3O4S/c1-30-21-18(13-16(14-25-21)15-5-2-6-15)23(10-11-23)22(27)26-31(28,29)20-9-3-8-19-17(20)7-4-12-24-19/h3,8-9,13-15,24H,2,4-7,10-12H2,1H3,(H,26,27). The molecule has 5 rings (SSSR count). The fraction of sp³-hybridized carbons (Fsp3) is 0.478. The highest BCUT2D eigenvalue weighted by molar-refractivity contribution is 7.90. The molecule has 0 radical (unpaired) electrons. The van der Waals surface area contributed by atoms with Gasteiger partial charge in [-0.3, -0.25) is 4.79 Å². The van der Waals surface area contributed by atoms with Crippen LogP contribution in [0.1, 0.15) is 61.1 Å². The summed E-state index contributed by atoms with van der Waals surface area (Å²) in [5.41, 5.74) is 2.46. The van der Waals surface area contributed by atoms with Gasteiger partial charge < -0.3 is 10.1 Å². The predicted molar refractivity (Wildman–Crippen MR) is 117 cm³/mol. The first kappa shape index (κ1) is 20.3. The van der Waals surface area contributed by atoms with Crippen LogP contribution in [0.2, 0.25) is 0 Å². The minimum atomic E-state index is -3.99. The summed E-state index contributed by atoms with van der Waals surface area (Å²) in [6, 6.07) is 7.15. The van der Waals surface area contributed by atoms with Crippen molar-refractivity contribution in [2.24, 2.45) is 0 Å². The number of carbonyl (C=O) groups is 1. The van der Waals surface area contributed by atoms with Crippen molar-refractivity contribution >= 4 is 21.6 Å². The minimum absolute atomic E-state index is 0.176. The molecule has 31 heavy (non-hydrogen) atoms. The second kappa shape index (κ2) is 7.51. The van der Waals surface area contributed by atoms with Gasteiger partial charge in [0.25, 0.3) is 10.0 Å². The Labute approximate surface area is 182 Å². The number of nitrogens with one attached hydrogen (secondary N) is 2. The van der Waals surface area contributed by atoms with E-state index in [1.807, 2.05) is 18.3 Å². The van der Waals surface area contributed by atoms with Gasteiger partial charge in [0.05, 0.1) is 17.4 Å². The van der Waals surface area contributed by atoms with Crippen LogP contribution in [0.25, 0.3) is 0 Å². The van der Waals surface area contributed by atoms with Crippen molar-refractivity contribution in [2.45, 2.75) is 61.2 Å². The molecular formula is C23H27N3O4S. The maximum absolute atomic E-state index is 13.3. The molecule has 1 amide bonds. The van der Waals surface area contributed by atoms with Crippen LogP contribution in [-0.4, -0.2) is 33.0 Å². The minimum Gasteiger partial charge on any atom is -0.481 e. The van der Waals surface area contributed by atoms with Crippen LogP contribution in [0, 0.1) is 0 Å². The molecule has 8 heteroatoms. The van der Waals surface area contributed by atoms with Crippen LogP contribution in [0.15, 0.2) is 35.4 Å². The number of carbonyl (C=O) groups excluding carboxylic acids is 1. The van der Waals surface area contributed by atoms with Gasteiger partial charge in [0, 0.05) is 24.0 Å². The summed E-state index contributed by atoms with van der Waals surface area (Å²) in [5, 5.41) is 3.24. The quantitative estimate of drug-likeness (QED) is 0.714. The van der Waals surface area contributed by atoms with Crippen molar-refractivity contribution in [3.05, 3.63) is 47.2 Å². The van der Waals surface area contributed by atoms with Gasteiger partial charge in [-0.2, -0.15) is 0 Å². The third kappa shape index (κ3) is 3.46. The summed E-state index contributed by atoms with van der Waals surface area (Å²) in [5.74, 6) is 0.359. The number of benzene rings is 1. The van der Waals surface area contributed by atoms with E-state index in [1.165, 1.54) is 13.5 Å². The van der Waals surface area contributed by atoms with Crippen LogP contribution >= 0.6 is 0 Å². The summed E-state index contributed by atoms with van der Waals surface area (Å²) in [4.78, 5) is 17.9. The molecule has 1 aliphatic heterocycles. The van der Waals surface area contributed by atoms with Crippen LogP contribution in [-0.2, 0) is 26.7 Å². The van der Waals surface area contributed by atoms with Gasteiger partial charge in [-0.1, -0.05) is 12.5 Å². The van der Waals surface area contributed by atoms with E-state index in [1.54, 1.807) is 12.1 Å². The van der Waals surface area contributed by atoms with Gasteiger partial charge in [0.2, 0.25) is 11.8 Å². The first-order valence-electron chi connectivity index (χ1n) is 10.9. The first-order valence-corrected chi connectivity index (χ1v) is 12.4. The summed E-state index contributed by atoms with van der Waals surface area (Å²) in [7, 11) is -2.46. The number of anilines is 1. The molecule has 3 aliphatic rings. The maximum atomic E-state index is 13.3. The highest BCUT2D eigenvalue weighted by Crippen LogP contribution is 2.52. The molecule has 0 atom stereocenters. The Balaban J connectivity index is 1.46. The lowest BCUT2D eigenvalue weighted by atomic mass is 9.79. The average Bonchev–Trinajstić information content (AvgIpc) is 3.54. The van der Waals surface area contributed by atoms with E-state index in [9.17, 15) is 13.2 Å². The molecule has 164 valence electrons. The molecule has 2 saturated carbocycles. The van der Waals surface area contributed by atoms with E-state index in [0.29, 0.717) is 36.6 Å². The van der Waals surface area contributed by atoms with E-state index < -0.39 is 21.3 Å². The van der Waals surface area contributed by atoms with E-state index in [-0.39, 0.29) is 4.90 Å². The topological polar surface area (TPSA) is 97.4 Å². The lowest BCUT2D eigenvalue weighted by molar-refractivity contribution is -0.121. The normalized spacial score (nSPS) is 19.5. The van der Waals surface area contributed by atoms with Crippen molar-refractivity contribution < 1.29 is 17.9 Å². The van der Waals surface area contributed by atoms with Gasteiger partial charge >= 0.3 is 0 Å². The number of ether oxygens (including phenoxy) is 1. The van der Waals surface area contributed by atoms with Gasteiger partial charge in [-0.15, -0.1) is 0 Å². The van der Waals surface area contributed by atoms with Crippen molar-refractivity contribution in [1.29, 1.82) is 0 Å². The van der Waals surface area contributed by atoms with E-state index in [2.05, 4.69) is 15.0 Å². The van der Waals surface area contributed by atoms with E-state index >= 15 is 0 Å². The number of rotatable bonds is 6. The lowest BCUT2D eigenvalue weighted by Gasteiger charge is -2.27. The average molecular weight is 442 g/mol. The number of hydrogen-bond donors (Lipinski definition) is 2. The number of fused-ring (bicyclic) bond motifs is 1. The van der Waals surface area contributed by atoms with Crippen molar-refractivity contribution in [2.75, 3.05) is 19.0 Å². The van der Waals surface area contributed by atoms with Crippen molar-refractivity contribution in [3.8, 4) is 5.88 Å². The molecule has 1 aromatic carbocycles. The second-order valence-corrected chi connectivity index (χ2v) is 10.4. The molecule has 2 aromatic rings. The number of hydrogen-bond acceptors (Lipinski definition) is 6. The highest BCUT2D eigenvalue weighted by Gasteiger charge is 2.54. The highest BCUT2D eigenvalue weighted by atomic mass is 32.2. The zero-order valence-electron chi connectivity index (χ0n) is 17.6. The van der Waals surface area contributed by atoms with Crippen LogP contribution in [0.5, 0.6) is 5.88 Å². The van der Waals surface area contributed by atoms with Gasteiger partial charge in [-0.05, 0) is 73.8 Å². The van der Waals surface area contributed by atoms with Crippen LogP contribution < -0.4 is 14.8 Å². The Kier molecular flexibility index (Phi) is 4.92. The number of amides is 1. The summed E-state index contributed by atoms with van der Waals surface area (Å²) >= 11 is 0. The van der Waals surface area contributed by atoms with E-state index in [0.717, 1.165) is 42.6 Å². The smallest absolute Gasteiger partial charge is 0.264 e. The van der Waals surface area contributed by atoms with Crippen molar-refractivity contribution in [3.63, 3.8) is 0 Å². The van der Waals surface area contributed by atoms with Crippen molar-refractivity contribution in [1.82, 2.24) is 9.71 Å². The molecule has 0 saturated heterocycles. The summed E-state index contributed by atoms with van der Waals surface area (Å²) < 4.78 is 34.2. The summed E-state index contributed by atoms with van der Waals surface area (Å²) in [6.07, 6.45) is 7.94. The zero-order valence-corrected chi connectivity index (χ0v) is 18.4. The monoisotopic (exact) mass is 441 g/mol. The third-order valence-corrected chi connectivity index (χ3v) is 8.33. The molecule has 2 fully saturated rings. The van der Waals surface area contributed by atoms with Gasteiger partial charge in [0.1, 0.15) is 0 Å². The zero-order chi connectivity index (χ0) is 21.6. The Hall–Kier alpha value is -2.61. The van der Waals surface area contributed by atoms with Gasteiger partial charge in [-0.25, -0.2) is 18.1 Å². The molecule has 7 nitrogen and oxygen atoms in total. The number of nitrogens with zero attached hydrogens (tertiary/aromatic N) is 1. The lowest BCUT2D eigenvalue weighted by Crippen LogP contribution is -2.39. The molecule has 1 aromatic heterocycles.